The third kappa shape index (κ3) is 2.60. The van der Waals surface area contributed by atoms with Crippen molar-refractivity contribution in [1.82, 2.24) is 0 Å². The quantitative estimate of drug-likeness (QED) is 0.609. The van der Waals surface area contributed by atoms with E-state index in [1.54, 1.807) is 0 Å². The van der Waals surface area contributed by atoms with E-state index in [1.807, 2.05) is 0 Å². The van der Waals surface area contributed by atoms with Crippen molar-refractivity contribution < 1.29 is 0 Å². The summed E-state index contributed by atoms with van der Waals surface area (Å²) < 4.78 is 0. The van der Waals surface area contributed by atoms with Gasteiger partial charge in [-0.05, 0) is 111 Å². The van der Waals surface area contributed by atoms with Gasteiger partial charge in [0.1, 0.15) is 0 Å². The summed E-state index contributed by atoms with van der Waals surface area (Å²) in [4.78, 5) is 0. The third-order valence-electron chi connectivity index (χ3n) is 5.98. The zero-order chi connectivity index (χ0) is 16.8. The van der Waals surface area contributed by atoms with Gasteiger partial charge in [0.15, 0.2) is 0 Å². The Labute approximate surface area is 136 Å². The molecule has 0 heteroatoms. The first-order valence-electron chi connectivity index (χ1n) is 8.31. The average molecular weight is 294 g/mol. The Morgan fingerprint density at radius 2 is 0.818 bits per heavy atom. The van der Waals surface area contributed by atoms with Gasteiger partial charge in [0.2, 0.25) is 0 Å². The monoisotopic (exact) mass is 294 g/mol. The van der Waals surface area contributed by atoms with Crippen LogP contribution in [0.1, 0.15) is 68.5 Å². The standard InChI is InChI=1S/C22H30/c1-12-10-21(18(7)16(5)14(12)3)20(9)22-11-13(2)15(4)17(6)19(22)8/h10-11,20H,1-9H3. The second-order valence-electron chi connectivity index (χ2n) is 7.04. The molecule has 0 fully saturated rings. The molecule has 22 heavy (non-hydrogen) atoms. The largest absolute Gasteiger partial charge is 0.0549 e. The maximum Gasteiger partial charge on any atom is 0.00666 e. The second kappa shape index (κ2) is 5.91. The van der Waals surface area contributed by atoms with Gasteiger partial charge in [0.05, 0.1) is 0 Å². The molecule has 0 nitrogen and oxygen atoms in total. The van der Waals surface area contributed by atoms with Gasteiger partial charge in [-0.15, -0.1) is 0 Å². The minimum absolute atomic E-state index is 0.441. The molecule has 0 radical (unpaired) electrons. The molecule has 0 aromatic heterocycles. The Kier molecular flexibility index (Phi) is 4.52. The van der Waals surface area contributed by atoms with Crippen LogP contribution in [0, 0.1) is 55.4 Å². The molecule has 0 saturated heterocycles. The van der Waals surface area contributed by atoms with Crippen LogP contribution in [0.4, 0.5) is 0 Å². The fourth-order valence-corrected chi connectivity index (χ4v) is 3.55. The van der Waals surface area contributed by atoms with Gasteiger partial charge < -0.3 is 0 Å². The Morgan fingerprint density at radius 1 is 0.500 bits per heavy atom. The van der Waals surface area contributed by atoms with E-state index in [4.69, 9.17) is 0 Å². The maximum absolute atomic E-state index is 2.40. The summed E-state index contributed by atoms with van der Waals surface area (Å²) in [5.41, 5.74) is 14.4. The van der Waals surface area contributed by atoms with Crippen molar-refractivity contribution in [1.29, 1.82) is 0 Å². The lowest BCUT2D eigenvalue weighted by Crippen LogP contribution is -2.07. The molecule has 0 saturated carbocycles. The summed E-state index contributed by atoms with van der Waals surface area (Å²) in [5, 5.41) is 0. The van der Waals surface area contributed by atoms with E-state index in [0.717, 1.165) is 0 Å². The summed E-state index contributed by atoms with van der Waals surface area (Å²) in [6, 6.07) is 4.79. The molecule has 118 valence electrons. The average Bonchev–Trinajstić information content (AvgIpc) is 2.49. The molecule has 0 amide bonds. The van der Waals surface area contributed by atoms with Crippen LogP contribution in [0.5, 0.6) is 0 Å². The molecule has 0 atom stereocenters. The van der Waals surface area contributed by atoms with E-state index in [-0.39, 0.29) is 0 Å². The summed E-state index contributed by atoms with van der Waals surface area (Å²) in [5.74, 6) is 0.441. The van der Waals surface area contributed by atoms with E-state index in [1.165, 1.54) is 55.6 Å². The van der Waals surface area contributed by atoms with E-state index in [2.05, 4.69) is 74.4 Å². The van der Waals surface area contributed by atoms with Crippen molar-refractivity contribution in [2.45, 2.75) is 68.2 Å². The lowest BCUT2D eigenvalue weighted by molar-refractivity contribution is 0.882. The predicted molar refractivity (Wildman–Crippen MR) is 98.3 cm³/mol. The van der Waals surface area contributed by atoms with E-state index < -0.39 is 0 Å². The number of benzene rings is 2. The highest BCUT2D eigenvalue weighted by atomic mass is 14.2. The Morgan fingerprint density at radius 3 is 1.14 bits per heavy atom. The zero-order valence-electron chi connectivity index (χ0n) is 15.7. The van der Waals surface area contributed by atoms with Crippen molar-refractivity contribution >= 4 is 0 Å². The first-order chi connectivity index (χ1) is 10.2. The molecule has 0 heterocycles. The third-order valence-corrected chi connectivity index (χ3v) is 5.98. The molecule has 0 aliphatic rings. The van der Waals surface area contributed by atoms with Crippen LogP contribution in [0.25, 0.3) is 0 Å². The van der Waals surface area contributed by atoms with Crippen LogP contribution in [0.15, 0.2) is 12.1 Å². The van der Waals surface area contributed by atoms with Gasteiger partial charge in [-0.2, -0.15) is 0 Å². The summed E-state index contributed by atoms with van der Waals surface area (Å²) in [7, 11) is 0. The molecule has 0 aliphatic carbocycles. The SMILES string of the molecule is Cc1cc(C(C)c2cc(C)c(C)c(C)c2C)c(C)c(C)c1C. The van der Waals surface area contributed by atoms with Crippen molar-refractivity contribution in [3.8, 4) is 0 Å². The Hall–Kier alpha value is -1.56. The van der Waals surface area contributed by atoms with Gasteiger partial charge in [-0.1, -0.05) is 19.1 Å². The maximum atomic E-state index is 2.40. The minimum Gasteiger partial charge on any atom is -0.0549 e. The van der Waals surface area contributed by atoms with Gasteiger partial charge >= 0.3 is 0 Å². The lowest BCUT2D eigenvalue weighted by Gasteiger charge is -2.23. The molecular weight excluding hydrogens is 264 g/mol. The molecule has 2 aromatic carbocycles. The molecule has 0 spiro atoms. The predicted octanol–water partition coefficient (Wildman–Crippen LogP) is 6.31. The van der Waals surface area contributed by atoms with Crippen molar-refractivity contribution in [2.75, 3.05) is 0 Å². The summed E-state index contributed by atoms with van der Waals surface area (Å²) >= 11 is 0. The van der Waals surface area contributed by atoms with Crippen LogP contribution in [0.3, 0.4) is 0 Å². The second-order valence-corrected chi connectivity index (χ2v) is 7.04. The van der Waals surface area contributed by atoms with Crippen molar-refractivity contribution in [3.05, 3.63) is 67.8 Å². The molecular formula is C22H30. The molecule has 0 bridgehead atoms. The van der Waals surface area contributed by atoms with Gasteiger partial charge in [-0.25, -0.2) is 0 Å². The molecule has 0 N–H and O–H groups in total. The number of rotatable bonds is 2. The molecule has 2 aromatic rings. The van der Waals surface area contributed by atoms with Crippen molar-refractivity contribution in [3.63, 3.8) is 0 Å². The van der Waals surface area contributed by atoms with Crippen LogP contribution in [-0.4, -0.2) is 0 Å². The van der Waals surface area contributed by atoms with Crippen LogP contribution >= 0.6 is 0 Å². The van der Waals surface area contributed by atoms with Crippen LogP contribution in [-0.2, 0) is 0 Å². The highest BCUT2D eigenvalue weighted by Crippen LogP contribution is 2.35. The highest BCUT2D eigenvalue weighted by molar-refractivity contribution is 5.52. The van der Waals surface area contributed by atoms with Crippen LogP contribution < -0.4 is 0 Å². The van der Waals surface area contributed by atoms with Gasteiger partial charge in [-0.3, -0.25) is 0 Å². The van der Waals surface area contributed by atoms with Gasteiger partial charge in [0.25, 0.3) is 0 Å². The van der Waals surface area contributed by atoms with E-state index in [9.17, 15) is 0 Å². The number of aryl methyl sites for hydroxylation is 2. The fourth-order valence-electron chi connectivity index (χ4n) is 3.55. The highest BCUT2D eigenvalue weighted by Gasteiger charge is 2.18. The first kappa shape index (κ1) is 16.8. The van der Waals surface area contributed by atoms with Gasteiger partial charge in [0, 0.05) is 5.92 Å². The fraction of sp³-hybridized carbons (Fsp3) is 0.455. The van der Waals surface area contributed by atoms with Crippen molar-refractivity contribution in [2.24, 2.45) is 0 Å². The summed E-state index contributed by atoms with van der Waals surface area (Å²) in [6.45, 7) is 20.3. The minimum atomic E-state index is 0.441. The van der Waals surface area contributed by atoms with E-state index >= 15 is 0 Å². The number of hydrogen-bond acceptors (Lipinski definition) is 0. The van der Waals surface area contributed by atoms with Crippen LogP contribution in [0.2, 0.25) is 0 Å². The Balaban J connectivity index is 2.66. The summed E-state index contributed by atoms with van der Waals surface area (Å²) in [6.07, 6.45) is 0. The topological polar surface area (TPSA) is 0 Å². The lowest BCUT2D eigenvalue weighted by atomic mass is 9.81. The normalized spacial score (nSPS) is 11.4. The molecule has 0 unspecified atom stereocenters. The Bertz CT molecular complexity index is 669. The van der Waals surface area contributed by atoms with E-state index in [0.29, 0.717) is 5.92 Å². The molecule has 2 rings (SSSR count). The zero-order valence-corrected chi connectivity index (χ0v) is 15.7. The molecule has 0 aliphatic heterocycles. The smallest absolute Gasteiger partial charge is 0.00666 e. The first-order valence-corrected chi connectivity index (χ1v) is 8.31. The number of hydrogen-bond donors (Lipinski definition) is 0.